The van der Waals surface area contributed by atoms with Gasteiger partial charge in [0.05, 0.1) is 0 Å². The van der Waals surface area contributed by atoms with Gasteiger partial charge in [-0.1, -0.05) is 18.1 Å². The highest BCUT2D eigenvalue weighted by atomic mass is 35.5. The van der Waals surface area contributed by atoms with Crippen molar-refractivity contribution in [2.75, 3.05) is 5.73 Å². The number of hydrogen-bond donors (Lipinski definition) is 1. The second-order valence-electron chi connectivity index (χ2n) is 5.60. The summed E-state index contributed by atoms with van der Waals surface area (Å²) >= 11 is 0. The molecule has 0 aliphatic heterocycles. The number of nitrogens with zero attached hydrogens (tertiary/aromatic N) is 5. The zero-order valence-corrected chi connectivity index (χ0v) is 15.0. The molecule has 0 unspecified atom stereocenters. The molecule has 1 aromatic carbocycles. The Hall–Kier alpha value is -3.50. The van der Waals surface area contributed by atoms with E-state index >= 15 is 0 Å². The molecule has 3 aromatic heterocycles. The minimum absolute atomic E-state index is 0. The third kappa shape index (κ3) is 3.57. The maximum Gasteiger partial charge on any atom is 0.209 e. The van der Waals surface area contributed by atoms with Gasteiger partial charge in [0, 0.05) is 30.6 Å². The summed E-state index contributed by atoms with van der Waals surface area (Å²) < 4.78 is 15.3. The highest BCUT2D eigenvalue weighted by Crippen LogP contribution is 2.25. The molecular formula is C19H14ClFN6. The minimum Gasteiger partial charge on any atom is -0.382 e. The van der Waals surface area contributed by atoms with Crippen LogP contribution in [0, 0.1) is 17.7 Å². The zero-order valence-electron chi connectivity index (χ0n) is 14.2. The van der Waals surface area contributed by atoms with Gasteiger partial charge in [0.1, 0.15) is 11.6 Å². The molecule has 4 rings (SSSR count). The summed E-state index contributed by atoms with van der Waals surface area (Å²) in [5.41, 5.74) is 8.41. The zero-order chi connectivity index (χ0) is 18.1. The number of nitrogens with two attached hydrogens (primary N) is 1. The fourth-order valence-corrected chi connectivity index (χ4v) is 2.59. The van der Waals surface area contributed by atoms with Crippen molar-refractivity contribution in [1.82, 2.24) is 24.5 Å². The Morgan fingerprint density at radius 3 is 2.67 bits per heavy atom. The molecule has 8 heteroatoms. The molecule has 0 saturated carbocycles. The number of nitrogen functional groups attached to an aromatic ring is 1. The van der Waals surface area contributed by atoms with Gasteiger partial charge in [-0.05, 0) is 30.2 Å². The van der Waals surface area contributed by atoms with Crippen LogP contribution >= 0.6 is 12.4 Å². The Balaban J connectivity index is 0.00000210. The SMILES string of the molecule is Cl.Cn1c(-c2cccc(F)c2)nc2c(N)nc(C#Cc3cccnc3)nc21. The molecule has 0 aliphatic carbocycles. The third-order valence-electron chi connectivity index (χ3n) is 3.81. The van der Waals surface area contributed by atoms with E-state index in [0.29, 0.717) is 22.6 Å². The molecule has 0 spiro atoms. The fourth-order valence-electron chi connectivity index (χ4n) is 2.59. The van der Waals surface area contributed by atoms with E-state index in [1.165, 1.54) is 12.1 Å². The van der Waals surface area contributed by atoms with E-state index in [4.69, 9.17) is 5.73 Å². The maximum atomic E-state index is 13.5. The number of aryl methyl sites for hydroxylation is 1. The van der Waals surface area contributed by atoms with Crippen molar-refractivity contribution in [1.29, 1.82) is 0 Å². The summed E-state index contributed by atoms with van der Waals surface area (Å²) in [6, 6.07) is 9.84. The van der Waals surface area contributed by atoms with Crippen LogP contribution in [0.1, 0.15) is 11.4 Å². The lowest BCUT2D eigenvalue weighted by molar-refractivity contribution is 0.628. The van der Waals surface area contributed by atoms with Gasteiger partial charge in [-0.25, -0.2) is 19.3 Å². The fraction of sp³-hybridized carbons (Fsp3) is 0.0526. The number of benzene rings is 1. The normalized spacial score (nSPS) is 10.1. The molecule has 2 N–H and O–H groups in total. The molecule has 0 bridgehead atoms. The van der Waals surface area contributed by atoms with Crippen molar-refractivity contribution < 1.29 is 4.39 Å². The lowest BCUT2D eigenvalue weighted by atomic mass is 10.2. The van der Waals surface area contributed by atoms with Gasteiger partial charge in [0.2, 0.25) is 5.82 Å². The van der Waals surface area contributed by atoms with Crippen LogP contribution < -0.4 is 5.73 Å². The average Bonchev–Trinajstić information content (AvgIpc) is 2.98. The summed E-state index contributed by atoms with van der Waals surface area (Å²) in [4.78, 5) is 17.1. The van der Waals surface area contributed by atoms with Gasteiger partial charge in [-0.2, -0.15) is 0 Å². The topological polar surface area (TPSA) is 82.5 Å². The van der Waals surface area contributed by atoms with E-state index in [0.717, 1.165) is 5.56 Å². The number of anilines is 1. The average molecular weight is 381 g/mol. The molecule has 3 heterocycles. The Morgan fingerprint density at radius 1 is 1.07 bits per heavy atom. The number of halogens is 2. The number of fused-ring (bicyclic) bond motifs is 1. The second-order valence-corrected chi connectivity index (χ2v) is 5.60. The predicted octanol–water partition coefficient (Wildman–Crippen LogP) is 2.97. The Kier molecular flexibility index (Phi) is 5.01. The van der Waals surface area contributed by atoms with E-state index in [-0.39, 0.29) is 29.9 Å². The van der Waals surface area contributed by atoms with Gasteiger partial charge in [-0.3, -0.25) is 4.98 Å². The molecule has 0 saturated heterocycles. The molecular weight excluding hydrogens is 367 g/mol. The van der Waals surface area contributed by atoms with Crippen molar-refractivity contribution in [3.63, 3.8) is 0 Å². The third-order valence-corrected chi connectivity index (χ3v) is 3.81. The maximum absolute atomic E-state index is 13.5. The highest BCUT2D eigenvalue weighted by Gasteiger charge is 2.15. The van der Waals surface area contributed by atoms with Crippen LogP contribution in [0.4, 0.5) is 10.2 Å². The summed E-state index contributed by atoms with van der Waals surface area (Å²) in [6.07, 6.45) is 3.33. The van der Waals surface area contributed by atoms with Crippen LogP contribution in [-0.2, 0) is 7.05 Å². The smallest absolute Gasteiger partial charge is 0.209 e. The van der Waals surface area contributed by atoms with Crippen LogP contribution in [0.3, 0.4) is 0 Å². The minimum atomic E-state index is -0.336. The molecule has 0 aliphatic rings. The predicted molar refractivity (Wildman–Crippen MR) is 104 cm³/mol. The molecule has 0 atom stereocenters. The lowest BCUT2D eigenvalue weighted by Gasteiger charge is -2.02. The molecule has 0 amide bonds. The van der Waals surface area contributed by atoms with Gasteiger partial charge >= 0.3 is 0 Å². The number of rotatable bonds is 1. The first-order chi connectivity index (χ1) is 12.6. The van der Waals surface area contributed by atoms with Crippen LogP contribution in [-0.4, -0.2) is 24.5 Å². The number of aromatic nitrogens is 5. The second kappa shape index (κ2) is 7.40. The van der Waals surface area contributed by atoms with Crippen LogP contribution in [0.25, 0.3) is 22.6 Å². The van der Waals surface area contributed by atoms with Gasteiger partial charge in [0.15, 0.2) is 17.0 Å². The molecule has 4 aromatic rings. The monoisotopic (exact) mass is 380 g/mol. The molecule has 27 heavy (non-hydrogen) atoms. The van der Waals surface area contributed by atoms with Crippen LogP contribution in [0.15, 0.2) is 48.8 Å². The summed E-state index contributed by atoms with van der Waals surface area (Å²) in [5.74, 6) is 6.56. The van der Waals surface area contributed by atoms with E-state index in [2.05, 4.69) is 31.8 Å². The van der Waals surface area contributed by atoms with E-state index < -0.39 is 0 Å². The Morgan fingerprint density at radius 2 is 1.93 bits per heavy atom. The van der Waals surface area contributed by atoms with Crippen molar-refractivity contribution in [2.45, 2.75) is 0 Å². The van der Waals surface area contributed by atoms with E-state index in [9.17, 15) is 4.39 Å². The Bertz CT molecular complexity index is 1180. The van der Waals surface area contributed by atoms with Gasteiger partial charge in [-0.15, -0.1) is 12.4 Å². The van der Waals surface area contributed by atoms with Crippen LogP contribution in [0.2, 0.25) is 0 Å². The highest BCUT2D eigenvalue weighted by molar-refractivity contribution is 5.86. The van der Waals surface area contributed by atoms with Crippen LogP contribution in [0.5, 0.6) is 0 Å². The number of pyridine rings is 1. The summed E-state index contributed by atoms with van der Waals surface area (Å²) in [7, 11) is 1.79. The van der Waals surface area contributed by atoms with Gasteiger partial charge < -0.3 is 10.3 Å². The summed E-state index contributed by atoms with van der Waals surface area (Å²) in [5, 5.41) is 0. The number of imidazole rings is 1. The van der Waals surface area contributed by atoms with E-state index in [1.807, 2.05) is 6.07 Å². The first-order valence-corrected chi connectivity index (χ1v) is 7.80. The van der Waals surface area contributed by atoms with Crippen molar-refractivity contribution in [2.24, 2.45) is 7.05 Å². The van der Waals surface area contributed by atoms with E-state index in [1.54, 1.807) is 42.2 Å². The lowest BCUT2D eigenvalue weighted by Crippen LogP contribution is -2.00. The largest absolute Gasteiger partial charge is 0.382 e. The summed E-state index contributed by atoms with van der Waals surface area (Å²) in [6.45, 7) is 0. The Labute approximate surface area is 160 Å². The first-order valence-electron chi connectivity index (χ1n) is 7.80. The first kappa shape index (κ1) is 18.3. The van der Waals surface area contributed by atoms with Crippen molar-refractivity contribution in [3.8, 4) is 23.2 Å². The quantitative estimate of drug-likeness (QED) is 0.513. The van der Waals surface area contributed by atoms with Crippen molar-refractivity contribution in [3.05, 3.63) is 66.0 Å². The van der Waals surface area contributed by atoms with Gasteiger partial charge in [0.25, 0.3) is 0 Å². The molecule has 6 nitrogen and oxygen atoms in total. The molecule has 134 valence electrons. The number of hydrogen-bond acceptors (Lipinski definition) is 5. The van der Waals surface area contributed by atoms with Crippen molar-refractivity contribution >= 4 is 29.4 Å². The standard InChI is InChI=1S/C19H13FN6.ClH/c1-26-18(13-5-2-6-14(20)10-13)25-16-17(21)23-15(24-19(16)26)8-7-12-4-3-9-22-11-12;/h2-6,9-11H,1H3,(H2,21,23,24);1H. The molecule has 0 radical (unpaired) electrons. The molecule has 0 fully saturated rings.